The molecule has 2 heterocycles. The van der Waals surface area contributed by atoms with E-state index in [9.17, 15) is 19.5 Å². The van der Waals surface area contributed by atoms with Gasteiger partial charge in [0, 0.05) is 11.3 Å². The van der Waals surface area contributed by atoms with Crippen LogP contribution in [-0.4, -0.2) is 54.3 Å². The van der Waals surface area contributed by atoms with Crippen molar-refractivity contribution in [1.29, 1.82) is 0 Å². The molecule has 0 aliphatic heterocycles. The van der Waals surface area contributed by atoms with Gasteiger partial charge in [-0.15, -0.1) is 9.78 Å². The molecule has 0 atom stereocenters. The van der Waals surface area contributed by atoms with Crippen molar-refractivity contribution in [2.75, 3.05) is 10.6 Å². The Morgan fingerprint density at radius 1 is 0.943 bits per heavy atom. The molecule has 1 aromatic carbocycles. The molecule has 0 spiro atoms. The summed E-state index contributed by atoms with van der Waals surface area (Å²) < 4.78 is 11.4. The molecule has 0 saturated carbocycles. The van der Waals surface area contributed by atoms with Crippen molar-refractivity contribution < 1.29 is 29.0 Å². The van der Waals surface area contributed by atoms with Gasteiger partial charge in [0.05, 0.1) is 11.1 Å². The first-order valence-corrected chi connectivity index (χ1v) is 10.7. The van der Waals surface area contributed by atoms with Crippen LogP contribution in [0.2, 0.25) is 0 Å². The number of amides is 2. The van der Waals surface area contributed by atoms with Crippen LogP contribution in [-0.2, 0) is 9.47 Å². The molecule has 0 bridgehead atoms. The Morgan fingerprint density at radius 3 is 1.91 bits per heavy atom. The standard InChI is InChI=1S/C23H28N6O6/c1-12-15-17(26-16(25-12)13-8-10-14(24)11-9-13)29(19(30)31)27-18(15)28(20(32)34-22(2,3)4)21(33)35-23(5,6)7/h8-11H,24H2,1-7H3,(H,30,31). The van der Waals surface area contributed by atoms with Crippen LogP contribution < -0.4 is 10.6 Å². The number of carbonyl (C=O) groups excluding carboxylic acids is 2. The minimum atomic E-state index is -1.48. The zero-order valence-electron chi connectivity index (χ0n) is 20.6. The summed E-state index contributed by atoms with van der Waals surface area (Å²) in [6.45, 7) is 11.3. The van der Waals surface area contributed by atoms with Crippen molar-refractivity contribution in [1.82, 2.24) is 19.7 Å². The van der Waals surface area contributed by atoms with Crippen LogP contribution in [0.1, 0.15) is 47.2 Å². The number of anilines is 2. The van der Waals surface area contributed by atoms with Crippen molar-refractivity contribution in [3.8, 4) is 11.4 Å². The van der Waals surface area contributed by atoms with Gasteiger partial charge in [-0.25, -0.2) is 24.4 Å². The molecule has 0 radical (unpaired) electrons. The third kappa shape index (κ3) is 5.65. The van der Waals surface area contributed by atoms with Gasteiger partial charge in [0.2, 0.25) is 0 Å². The lowest BCUT2D eigenvalue weighted by atomic mass is 10.2. The Hall–Kier alpha value is -4.22. The number of nitrogens with zero attached hydrogens (tertiary/aromatic N) is 5. The molecular weight excluding hydrogens is 456 g/mol. The van der Waals surface area contributed by atoms with E-state index in [1.807, 2.05) is 0 Å². The summed E-state index contributed by atoms with van der Waals surface area (Å²) in [4.78, 5) is 47.6. The van der Waals surface area contributed by atoms with Gasteiger partial charge in [0.25, 0.3) is 0 Å². The normalized spacial score (nSPS) is 11.9. The van der Waals surface area contributed by atoms with E-state index in [0.717, 1.165) is 0 Å². The van der Waals surface area contributed by atoms with E-state index in [4.69, 9.17) is 15.2 Å². The van der Waals surface area contributed by atoms with Crippen molar-refractivity contribution in [3.63, 3.8) is 0 Å². The molecule has 0 aliphatic carbocycles. The SMILES string of the molecule is Cc1nc(-c2ccc(N)cc2)nc2c1c(N(C(=O)OC(C)(C)C)C(=O)OC(C)(C)C)nn2C(=O)O. The number of benzene rings is 1. The maximum atomic E-state index is 13.1. The molecule has 0 aliphatic rings. The second kappa shape index (κ2) is 8.85. The zero-order valence-corrected chi connectivity index (χ0v) is 20.6. The van der Waals surface area contributed by atoms with Gasteiger partial charge >= 0.3 is 18.3 Å². The predicted octanol–water partition coefficient (Wildman–Crippen LogP) is 4.59. The molecule has 2 aromatic heterocycles. The first-order valence-electron chi connectivity index (χ1n) is 10.7. The monoisotopic (exact) mass is 484 g/mol. The van der Waals surface area contributed by atoms with E-state index in [1.165, 1.54) is 0 Å². The average Bonchev–Trinajstić information content (AvgIpc) is 3.05. The van der Waals surface area contributed by atoms with Crippen molar-refractivity contribution in [3.05, 3.63) is 30.0 Å². The average molecular weight is 485 g/mol. The molecule has 12 nitrogen and oxygen atoms in total. The molecular formula is C23H28N6O6. The van der Waals surface area contributed by atoms with Gasteiger partial charge in [0.15, 0.2) is 17.3 Å². The van der Waals surface area contributed by atoms with Crippen LogP contribution in [0.4, 0.5) is 25.9 Å². The van der Waals surface area contributed by atoms with Crippen LogP contribution in [0.15, 0.2) is 24.3 Å². The lowest BCUT2D eigenvalue weighted by Crippen LogP contribution is -2.44. The predicted molar refractivity (Wildman–Crippen MR) is 128 cm³/mol. The van der Waals surface area contributed by atoms with E-state index in [0.29, 0.717) is 20.8 Å². The van der Waals surface area contributed by atoms with E-state index in [2.05, 4.69) is 15.1 Å². The number of nitrogens with two attached hydrogens (primary N) is 1. The molecule has 3 aromatic rings. The second-order valence-electron chi connectivity index (χ2n) is 9.77. The highest BCUT2D eigenvalue weighted by Gasteiger charge is 2.37. The molecule has 3 rings (SSSR count). The largest absolute Gasteiger partial charge is 0.463 e. The number of aryl methyl sites for hydroxylation is 1. The third-order valence-corrected chi connectivity index (χ3v) is 4.40. The topological polar surface area (TPSA) is 163 Å². The Balaban J connectivity index is 2.27. The van der Waals surface area contributed by atoms with Crippen LogP contribution >= 0.6 is 0 Å². The number of carbonyl (C=O) groups is 3. The van der Waals surface area contributed by atoms with E-state index >= 15 is 0 Å². The number of hydrogen-bond acceptors (Lipinski definition) is 9. The summed E-state index contributed by atoms with van der Waals surface area (Å²) in [5, 5.41) is 13.9. The molecule has 35 heavy (non-hydrogen) atoms. The van der Waals surface area contributed by atoms with Crippen LogP contribution in [0, 0.1) is 6.92 Å². The Kier molecular flexibility index (Phi) is 6.43. The van der Waals surface area contributed by atoms with Gasteiger partial charge in [0.1, 0.15) is 11.2 Å². The summed E-state index contributed by atoms with van der Waals surface area (Å²) >= 11 is 0. The molecule has 3 N–H and O–H groups in total. The Bertz CT molecular complexity index is 1270. The van der Waals surface area contributed by atoms with Gasteiger partial charge in [-0.3, -0.25) is 0 Å². The number of aromatic nitrogens is 4. The Labute approximate surface area is 201 Å². The van der Waals surface area contributed by atoms with Crippen molar-refractivity contribution in [2.24, 2.45) is 0 Å². The molecule has 186 valence electrons. The number of imide groups is 1. The highest BCUT2D eigenvalue weighted by atomic mass is 16.6. The fourth-order valence-corrected chi connectivity index (χ4v) is 3.08. The molecule has 12 heteroatoms. The maximum Gasteiger partial charge on any atom is 0.434 e. The lowest BCUT2D eigenvalue weighted by Gasteiger charge is -2.27. The number of carboxylic acid groups (broad SMARTS) is 1. The van der Waals surface area contributed by atoms with Gasteiger partial charge < -0.3 is 20.3 Å². The molecule has 0 unspecified atom stereocenters. The van der Waals surface area contributed by atoms with Gasteiger partial charge in [-0.05, 0) is 72.7 Å². The number of nitrogen functional groups attached to an aromatic ring is 1. The fourth-order valence-electron chi connectivity index (χ4n) is 3.08. The number of ether oxygens (including phenoxy) is 2. The second-order valence-corrected chi connectivity index (χ2v) is 9.77. The highest BCUT2D eigenvalue weighted by Crippen LogP contribution is 2.32. The third-order valence-electron chi connectivity index (χ3n) is 4.40. The van der Waals surface area contributed by atoms with E-state index in [-0.39, 0.29) is 28.4 Å². The van der Waals surface area contributed by atoms with Crippen LogP contribution in [0.25, 0.3) is 22.4 Å². The van der Waals surface area contributed by atoms with Crippen molar-refractivity contribution in [2.45, 2.75) is 59.7 Å². The number of fused-ring (bicyclic) bond motifs is 1. The minimum absolute atomic E-state index is 0.0725. The molecule has 0 fully saturated rings. The molecule has 0 saturated heterocycles. The quantitative estimate of drug-likeness (QED) is 0.492. The smallest absolute Gasteiger partial charge is 0.434 e. The lowest BCUT2D eigenvalue weighted by molar-refractivity contribution is 0.0429. The van der Waals surface area contributed by atoms with E-state index in [1.54, 1.807) is 72.7 Å². The zero-order chi connectivity index (χ0) is 26.3. The minimum Gasteiger partial charge on any atom is -0.463 e. The maximum absolute atomic E-state index is 13.1. The number of rotatable bonds is 2. The fraction of sp³-hybridized carbons (Fsp3) is 0.391. The summed E-state index contributed by atoms with van der Waals surface area (Å²) in [5.41, 5.74) is 5.10. The summed E-state index contributed by atoms with van der Waals surface area (Å²) in [6, 6.07) is 6.69. The van der Waals surface area contributed by atoms with E-state index < -0.39 is 29.5 Å². The first-order chi connectivity index (χ1) is 16.1. The van der Waals surface area contributed by atoms with Gasteiger partial charge in [-0.1, -0.05) is 0 Å². The molecule has 2 amide bonds. The first kappa shape index (κ1) is 25.4. The van der Waals surface area contributed by atoms with Crippen LogP contribution in [0.5, 0.6) is 0 Å². The summed E-state index contributed by atoms with van der Waals surface area (Å²) in [7, 11) is 0. The van der Waals surface area contributed by atoms with Crippen LogP contribution in [0.3, 0.4) is 0 Å². The van der Waals surface area contributed by atoms with Gasteiger partial charge in [-0.2, -0.15) is 4.90 Å². The number of hydrogen-bond donors (Lipinski definition) is 2. The summed E-state index contributed by atoms with van der Waals surface area (Å²) in [5.74, 6) is -0.114. The Morgan fingerprint density at radius 2 is 1.46 bits per heavy atom. The summed E-state index contributed by atoms with van der Waals surface area (Å²) in [6.07, 6.45) is -3.66. The van der Waals surface area contributed by atoms with Crippen molar-refractivity contribution >= 4 is 40.8 Å². The highest BCUT2D eigenvalue weighted by molar-refractivity contribution is 6.14.